The number of ether oxygens (including phenoxy) is 1. The highest BCUT2D eigenvalue weighted by Gasteiger charge is 2.07. The third kappa shape index (κ3) is 2.76. The van der Waals surface area contributed by atoms with E-state index >= 15 is 0 Å². The van der Waals surface area contributed by atoms with E-state index < -0.39 is 0 Å². The molecular formula is C13H15ClOS. The molecule has 0 radical (unpaired) electrons. The second kappa shape index (κ2) is 5.67. The lowest BCUT2D eigenvalue weighted by Crippen LogP contribution is -2.08. The number of halogens is 1. The molecule has 1 aromatic heterocycles. The number of aryl methyl sites for hydroxylation is 1. The van der Waals surface area contributed by atoms with Crippen LogP contribution in [0, 0.1) is 0 Å². The predicted molar refractivity (Wildman–Crippen MR) is 71.7 cm³/mol. The second-order valence-electron chi connectivity index (χ2n) is 3.85. The summed E-state index contributed by atoms with van der Waals surface area (Å²) in [6, 6.07) is 8.52. The van der Waals surface area contributed by atoms with Gasteiger partial charge in [0.15, 0.2) is 0 Å². The van der Waals surface area contributed by atoms with Gasteiger partial charge < -0.3 is 4.74 Å². The molecule has 0 saturated carbocycles. The molecule has 1 unspecified atom stereocenters. The van der Waals surface area contributed by atoms with E-state index in [9.17, 15) is 0 Å². The number of fused-ring (bicyclic) bond motifs is 1. The van der Waals surface area contributed by atoms with Crippen molar-refractivity contribution in [3.63, 3.8) is 0 Å². The maximum absolute atomic E-state index is 6.13. The van der Waals surface area contributed by atoms with E-state index in [0.717, 1.165) is 12.8 Å². The van der Waals surface area contributed by atoms with E-state index in [2.05, 4.69) is 29.6 Å². The number of rotatable bonds is 5. The van der Waals surface area contributed by atoms with E-state index in [0.29, 0.717) is 6.61 Å². The van der Waals surface area contributed by atoms with Gasteiger partial charge >= 0.3 is 0 Å². The second-order valence-corrected chi connectivity index (χ2v) is 5.38. The minimum atomic E-state index is 0.115. The Morgan fingerprint density at radius 2 is 2.19 bits per heavy atom. The molecule has 0 aliphatic rings. The Kier molecular flexibility index (Phi) is 4.22. The number of benzene rings is 1. The zero-order valence-corrected chi connectivity index (χ0v) is 10.9. The Morgan fingerprint density at radius 3 is 3.00 bits per heavy atom. The van der Waals surface area contributed by atoms with Crippen molar-refractivity contribution in [3.8, 4) is 0 Å². The van der Waals surface area contributed by atoms with E-state index in [4.69, 9.17) is 16.3 Å². The van der Waals surface area contributed by atoms with Crippen molar-refractivity contribution in [1.29, 1.82) is 0 Å². The number of alkyl halides is 1. The SMILES string of the molecule is COCC(Cl)CCc1csc2ccccc12. The Balaban J connectivity index is 2.04. The Bertz CT molecular complexity index is 452. The summed E-state index contributed by atoms with van der Waals surface area (Å²) in [5.74, 6) is 0. The van der Waals surface area contributed by atoms with Gasteiger partial charge in [0.05, 0.1) is 12.0 Å². The number of hydrogen-bond donors (Lipinski definition) is 0. The molecule has 16 heavy (non-hydrogen) atoms. The van der Waals surface area contributed by atoms with Crippen LogP contribution in [0.4, 0.5) is 0 Å². The maximum atomic E-state index is 6.13. The molecule has 1 heterocycles. The highest BCUT2D eigenvalue weighted by atomic mass is 35.5. The number of hydrogen-bond acceptors (Lipinski definition) is 2. The van der Waals surface area contributed by atoms with Gasteiger partial charge in [-0.25, -0.2) is 0 Å². The Morgan fingerprint density at radius 1 is 1.38 bits per heavy atom. The van der Waals surface area contributed by atoms with Crippen LogP contribution in [-0.2, 0) is 11.2 Å². The fourth-order valence-electron chi connectivity index (χ4n) is 1.80. The van der Waals surface area contributed by atoms with Crippen molar-refractivity contribution < 1.29 is 4.74 Å². The molecule has 0 saturated heterocycles. The lowest BCUT2D eigenvalue weighted by molar-refractivity contribution is 0.195. The van der Waals surface area contributed by atoms with E-state index in [1.165, 1.54) is 15.6 Å². The molecule has 0 aliphatic carbocycles. The first-order chi connectivity index (χ1) is 7.81. The molecular weight excluding hydrogens is 240 g/mol. The molecule has 0 bridgehead atoms. The van der Waals surface area contributed by atoms with Crippen molar-refractivity contribution in [2.45, 2.75) is 18.2 Å². The molecule has 1 atom stereocenters. The molecule has 1 aromatic carbocycles. The molecule has 0 spiro atoms. The van der Waals surface area contributed by atoms with Crippen LogP contribution in [0.25, 0.3) is 10.1 Å². The quantitative estimate of drug-likeness (QED) is 0.731. The van der Waals surface area contributed by atoms with E-state index in [1.54, 1.807) is 18.4 Å². The van der Waals surface area contributed by atoms with Gasteiger partial charge in [-0.2, -0.15) is 0 Å². The topological polar surface area (TPSA) is 9.23 Å². The van der Waals surface area contributed by atoms with Crippen molar-refractivity contribution in [1.82, 2.24) is 0 Å². The third-order valence-electron chi connectivity index (χ3n) is 2.64. The van der Waals surface area contributed by atoms with Gasteiger partial charge in [0.1, 0.15) is 0 Å². The summed E-state index contributed by atoms with van der Waals surface area (Å²) in [7, 11) is 1.69. The van der Waals surface area contributed by atoms with Crippen molar-refractivity contribution in [3.05, 3.63) is 35.2 Å². The predicted octanol–water partition coefficient (Wildman–Crippen LogP) is 4.09. The maximum Gasteiger partial charge on any atom is 0.0626 e. The monoisotopic (exact) mass is 254 g/mol. The standard InChI is InChI=1S/C13H15ClOS/c1-15-8-11(14)7-6-10-9-16-13-5-3-2-4-12(10)13/h2-5,9,11H,6-8H2,1H3. The molecule has 3 heteroatoms. The van der Waals surface area contributed by atoms with Crippen LogP contribution in [-0.4, -0.2) is 19.1 Å². The van der Waals surface area contributed by atoms with Gasteiger partial charge in [0.2, 0.25) is 0 Å². The first-order valence-electron chi connectivity index (χ1n) is 5.39. The fraction of sp³-hybridized carbons (Fsp3) is 0.385. The molecule has 0 amide bonds. The number of thiophene rings is 1. The summed E-state index contributed by atoms with van der Waals surface area (Å²) in [5, 5.41) is 3.72. The largest absolute Gasteiger partial charge is 0.383 e. The molecule has 2 aromatic rings. The molecule has 1 nitrogen and oxygen atoms in total. The van der Waals surface area contributed by atoms with Crippen LogP contribution in [0.1, 0.15) is 12.0 Å². The van der Waals surface area contributed by atoms with Crippen LogP contribution in [0.15, 0.2) is 29.6 Å². The zero-order valence-electron chi connectivity index (χ0n) is 9.28. The lowest BCUT2D eigenvalue weighted by Gasteiger charge is -2.07. The van der Waals surface area contributed by atoms with Gasteiger partial charge in [-0.3, -0.25) is 0 Å². The first-order valence-corrected chi connectivity index (χ1v) is 6.71. The molecule has 0 fully saturated rings. The molecule has 0 N–H and O–H groups in total. The van der Waals surface area contributed by atoms with Crippen molar-refractivity contribution >= 4 is 33.0 Å². The Hall–Kier alpha value is -0.570. The smallest absolute Gasteiger partial charge is 0.0626 e. The minimum absolute atomic E-state index is 0.115. The Labute approximate surface area is 105 Å². The highest BCUT2D eigenvalue weighted by molar-refractivity contribution is 7.17. The molecule has 86 valence electrons. The van der Waals surface area contributed by atoms with Crippen LogP contribution < -0.4 is 0 Å². The first kappa shape index (κ1) is 11.9. The summed E-state index contributed by atoms with van der Waals surface area (Å²) in [6.07, 6.45) is 2.00. The van der Waals surface area contributed by atoms with Gasteiger partial charge in [0.25, 0.3) is 0 Å². The average Bonchev–Trinajstić information content (AvgIpc) is 2.70. The van der Waals surface area contributed by atoms with E-state index in [1.807, 2.05) is 0 Å². The van der Waals surface area contributed by atoms with Gasteiger partial charge in [0, 0.05) is 11.8 Å². The average molecular weight is 255 g/mol. The van der Waals surface area contributed by atoms with Gasteiger partial charge in [-0.1, -0.05) is 18.2 Å². The van der Waals surface area contributed by atoms with Crippen molar-refractivity contribution in [2.75, 3.05) is 13.7 Å². The lowest BCUT2D eigenvalue weighted by atomic mass is 10.1. The molecule has 2 rings (SSSR count). The van der Waals surface area contributed by atoms with Gasteiger partial charge in [-0.05, 0) is 35.2 Å². The third-order valence-corrected chi connectivity index (χ3v) is 3.99. The van der Waals surface area contributed by atoms with Crippen LogP contribution in [0.2, 0.25) is 0 Å². The van der Waals surface area contributed by atoms with Crippen molar-refractivity contribution in [2.24, 2.45) is 0 Å². The summed E-state index contributed by atoms with van der Waals surface area (Å²) in [6.45, 7) is 0.629. The summed E-state index contributed by atoms with van der Waals surface area (Å²) in [4.78, 5) is 0. The molecule has 0 aliphatic heterocycles. The van der Waals surface area contributed by atoms with Gasteiger partial charge in [-0.15, -0.1) is 22.9 Å². The van der Waals surface area contributed by atoms with Crippen LogP contribution in [0.5, 0.6) is 0 Å². The zero-order chi connectivity index (χ0) is 11.4. The fourth-order valence-corrected chi connectivity index (χ4v) is 3.04. The summed E-state index contributed by atoms with van der Waals surface area (Å²) >= 11 is 7.93. The van der Waals surface area contributed by atoms with Crippen LogP contribution >= 0.6 is 22.9 Å². The number of methoxy groups -OCH3 is 1. The summed E-state index contributed by atoms with van der Waals surface area (Å²) in [5.41, 5.74) is 1.40. The minimum Gasteiger partial charge on any atom is -0.383 e. The van der Waals surface area contributed by atoms with Crippen LogP contribution in [0.3, 0.4) is 0 Å². The highest BCUT2D eigenvalue weighted by Crippen LogP contribution is 2.27. The normalized spacial score (nSPS) is 13.1. The van der Waals surface area contributed by atoms with E-state index in [-0.39, 0.29) is 5.38 Å². The summed E-state index contributed by atoms with van der Waals surface area (Å²) < 4.78 is 6.39.